The maximum atomic E-state index is 12.0. The molecule has 3 N–H and O–H groups in total. The molecule has 0 fully saturated rings. The number of likely N-dealkylation sites (N-methyl/N-ethyl adjacent to an activating group) is 1. The first-order valence-electron chi connectivity index (χ1n) is 12.1. The van der Waals surface area contributed by atoms with Gasteiger partial charge in [0.15, 0.2) is 5.60 Å². The molecule has 0 aromatic carbocycles. The van der Waals surface area contributed by atoms with E-state index in [1.54, 1.807) is 0 Å². The van der Waals surface area contributed by atoms with Gasteiger partial charge in [0.2, 0.25) is 0 Å². The van der Waals surface area contributed by atoms with Gasteiger partial charge >= 0.3 is 0 Å². The van der Waals surface area contributed by atoms with Crippen LogP contribution in [-0.4, -0.2) is 58.5 Å². The minimum Gasteiger partial charge on any atom is -0.393 e. The summed E-state index contributed by atoms with van der Waals surface area (Å²) in [6.45, 7) is 1.50. The molecular formula is C24H49NO4. The van der Waals surface area contributed by atoms with E-state index in [0.29, 0.717) is 6.42 Å². The Balaban J connectivity index is 3.52. The molecule has 0 saturated heterocycles. The van der Waals surface area contributed by atoms with Crippen LogP contribution in [0.5, 0.6) is 0 Å². The molecule has 0 aromatic rings. The van der Waals surface area contributed by atoms with Gasteiger partial charge in [0.05, 0.1) is 12.7 Å². The van der Waals surface area contributed by atoms with Gasteiger partial charge in [0.1, 0.15) is 0 Å². The Labute approximate surface area is 179 Å². The number of carbonyl (C=O) groups is 1. The van der Waals surface area contributed by atoms with Gasteiger partial charge in [-0.2, -0.15) is 0 Å². The maximum absolute atomic E-state index is 12.0. The summed E-state index contributed by atoms with van der Waals surface area (Å²) in [5, 5.41) is 29.8. The topological polar surface area (TPSA) is 81.0 Å². The molecule has 0 heterocycles. The first kappa shape index (κ1) is 28.4. The van der Waals surface area contributed by atoms with Gasteiger partial charge in [-0.25, -0.2) is 0 Å². The quantitative estimate of drug-likeness (QED) is 0.249. The van der Waals surface area contributed by atoms with Crippen molar-refractivity contribution in [3.05, 3.63) is 0 Å². The largest absolute Gasteiger partial charge is 0.393 e. The molecule has 2 atom stereocenters. The van der Waals surface area contributed by atoms with E-state index < -0.39 is 24.2 Å². The normalized spacial score (nSPS) is 14.6. The lowest BCUT2D eigenvalue weighted by atomic mass is 9.91. The molecule has 5 nitrogen and oxygen atoms in total. The lowest BCUT2D eigenvalue weighted by molar-refractivity contribution is -0.169. The highest BCUT2D eigenvalue weighted by Crippen LogP contribution is 2.20. The average molecular weight is 416 g/mol. The van der Waals surface area contributed by atoms with Gasteiger partial charge in [-0.05, 0) is 6.42 Å². The van der Waals surface area contributed by atoms with Gasteiger partial charge in [-0.3, -0.25) is 4.79 Å². The van der Waals surface area contributed by atoms with Crippen molar-refractivity contribution in [2.24, 2.45) is 0 Å². The molecule has 0 bridgehead atoms. The molecule has 0 radical (unpaired) electrons. The number of nitrogens with zero attached hydrogens (tertiary/aromatic N) is 1. The van der Waals surface area contributed by atoms with Crippen molar-refractivity contribution in [3.8, 4) is 0 Å². The molecule has 0 rings (SSSR count). The van der Waals surface area contributed by atoms with Crippen LogP contribution in [0.15, 0.2) is 0 Å². The molecule has 0 aliphatic carbocycles. The fourth-order valence-corrected chi connectivity index (χ4v) is 3.83. The minimum absolute atomic E-state index is 0.328. The van der Waals surface area contributed by atoms with Crippen LogP contribution in [0.1, 0.15) is 116 Å². The zero-order valence-electron chi connectivity index (χ0n) is 19.5. The summed E-state index contributed by atoms with van der Waals surface area (Å²) in [7, 11) is 3.01. The van der Waals surface area contributed by atoms with Gasteiger partial charge in [0, 0.05) is 14.1 Å². The highest BCUT2D eigenvalue weighted by Gasteiger charge is 2.43. The number of hydrogen-bond acceptors (Lipinski definition) is 4. The molecule has 1 amide bonds. The summed E-state index contributed by atoms with van der Waals surface area (Å²) in [5.74, 6) is -0.649. The summed E-state index contributed by atoms with van der Waals surface area (Å²) < 4.78 is 0. The number of carbonyl (C=O) groups excluding carboxylic acids is 1. The fourth-order valence-electron chi connectivity index (χ4n) is 3.83. The van der Waals surface area contributed by atoms with E-state index in [4.69, 9.17) is 0 Å². The van der Waals surface area contributed by atoms with Crippen molar-refractivity contribution >= 4 is 5.91 Å². The van der Waals surface area contributed by atoms with Crippen LogP contribution in [0.25, 0.3) is 0 Å². The monoisotopic (exact) mass is 415 g/mol. The van der Waals surface area contributed by atoms with Crippen LogP contribution in [0.2, 0.25) is 0 Å². The van der Waals surface area contributed by atoms with Crippen molar-refractivity contribution in [1.29, 1.82) is 0 Å². The second-order valence-corrected chi connectivity index (χ2v) is 8.89. The van der Waals surface area contributed by atoms with E-state index in [9.17, 15) is 20.1 Å². The van der Waals surface area contributed by atoms with Crippen LogP contribution in [-0.2, 0) is 4.79 Å². The van der Waals surface area contributed by atoms with Gasteiger partial charge in [-0.15, -0.1) is 0 Å². The second kappa shape index (κ2) is 18.1. The summed E-state index contributed by atoms with van der Waals surface area (Å²) in [4.78, 5) is 13.2. The Morgan fingerprint density at radius 3 is 1.41 bits per heavy atom. The van der Waals surface area contributed by atoms with E-state index in [-0.39, 0.29) is 0 Å². The zero-order valence-corrected chi connectivity index (χ0v) is 19.5. The highest BCUT2D eigenvalue weighted by molar-refractivity contribution is 5.85. The van der Waals surface area contributed by atoms with Crippen molar-refractivity contribution in [3.63, 3.8) is 0 Å². The average Bonchev–Trinajstić information content (AvgIpc) is 2.71. The lowest BCUT2D eigenvalue weighted by Gasteiger charge is -2.32. The number of rotatable bonds is 20. The molecule has 5 heteroatoms. The SMILES string of the molecule is CCCCCCCCCCCCCCCCCCC(O)C(O)(CO)C(=O)N(C)C. The van der Waals surface area contributed by atoms with E-state index in [2.05, 4.69) is 6.92 Å². The predicted molar refractivity (Wildman–Crippen MR) is 121 cm³/mol. The predicted octanol–water partition coefficient (Wildman–Crippen LogP) is 4.81. The van der Waals surface area contributed by atoms with E-state index in [0.717, 1.165) is 19.3 Å². The van der Waals surface area contributed by atoms with Crippen molar-refractivity contribution in [1.82, 2.24) is 4.90 Å². The molecule has 174 valence electrons. The van der Waals surface area contributed by atoms with Crippen LogP contribution >= 0.6 is 0 Å². The fraction of sp³-hybridized carbons (Fsp3) is 0.958. The number of hydrogen-bond donors (Lipinski definition) is 3. The molecule has 0 aliphatic heterocycles. The third kappa shape index (κ3) is 13.3. The molecule has 0 spiro atoms. The maximum Gasteiger partial charge on any atom is 0.259 e. The van der Waals surface area contributed by atoms with Crippen molar-refractivity contribution in [2.45, 2.75) is 128 Å². The molecule has 0 aliphatic rings. The van der Waals surface area contributed by atoms with Gasteiger partial charge in [-0.1, -0.05) is 110 Å². The number of aliphatic hydroxyl groups excluding tert-OH is 2. The number of aliphatic hydroxyl groups is 3. The molecule has 0 saturated carbocycles. The van der Waals surface area contributed by atoms with Crippen LogP contribution < -0.4 is 0 Å². The first-order chi connectivity index (χ1) is 13.9. The van der Waals surface area contributed by atoms with Gasteiger partial charge in [0.25, 0.3) is 5.91 Å². The standard InChI is InChI=1S/C24H49NO4/c1-4-5-6-7-8-9-10-11-12-13-14-15-16-17-18-19-20-22(27)24(29,21-26)23(28)25(2)3/h22,26-27,29H,4-21H2,1-3H3. The molecular weight excluding hydrogens is 366 g/mol. The molecule has 0 aromatic heterocycles. The van der Waals surface area contributed by atoms with Crippen molar-refractivity contribution < 1.29 is 20.1 Å². The zero-order chi connectivity index (χ0) is 22.0. The summed E-state index contributed by atoms with van der Waals surface area (Å²) in [6.07, 6.45) is 19.5. The molecule has 29 heavy (non-hydrogen) atoms. The van der Waals surface area contributed by atoms with Crippen LogP contribution in [0, 0.1) is 0 Å². The third-order valence-electron chi connectivity index (χ3n) is 5.90. The summed E-state index contributed by atoms with van der Waals surface area (Å²) in [5.41, 5.74) is -2.08. The third-order valence-corrected chi connectivity index (χ3v) is 5.90. The summed E-state index contributed by atoms with van der Waals surface area (Å²) >= 11 is 0. The second-order valence-electron chi connectivity index (χ2n) is 8.89. The number of unbranched alkanes of at least 4 members (excludes halogenated alkanes) is 15. The van der Waals surface area contributed by atoms with Crippen LogP contribution in [0.4, 0.5) is 0 Å². The number of amides is 1. The Morgan fingerprint density at radius 2 is 1.10 bits per heavy atom. The highest BCUT2D eigenvalue weighted by atomic mass is 16.4. The molecule has 2 unspecified atom stereocenters. The van der Waals surface area contributed by atoms with Crippen molar-refractivity contribution in [2.75, 3.05) is 20.7 Å². The summed E-state index contributed by atoms with van der Waals surface area (Å²) in [6, 6.07) is 0. The lowest BCUT2D eigenvalue weighted by Crippen LogP contribution is -2.57. The van der Waals surface area contributed by atoms with E-state index >= 15 is 0 Å². The van der Waals surface area contributed by atoms with E-state index in [1.165, 1.54) is 102 Å². The van der Waals surface area contributed by atoms with E-state index in [1.807, 2.05) is 0 Å². The Bertz CT molecular complexity index is 389. The smallest absolute Gasteiger partial charge is 0.259 e. The van der Waals surface area contributed by atoms with Gasteiger partial charge < -0.3 is 20.2 Å². The Kier molecular flexibility index (Phi) is 17.7. The Hall–Kier alpha value is -0.650. The first-order valence-corrected chi connectivity index (χ1v) is 12.1. The minimum atomic E-state index is -2.08. The van der Waals surface area contributed by atoms with Crippen LogP contribution in [0.3, 0.4) is 0 Å². The Morgan fingerprint density at radius 1 is 0.759 bits per heavy atom.